The lowest BCUT2D eigenvalue weighted by molar-refractivity contribution is -0.136. The third-order valence-electron chi connectivity index (χ3n) is 5.11. The molecule has 6 nitrogen and oxygen atoms in total. The van der Waals surface area contributed by atoms with Crippen LogP contribution < -0.4 is 15.4 Å². The number of methoxy groups -OCH3 is 1. The molecule has 4 rings (SSSR count). The molecule has 162 valence electrons. The molecule has 7 heteroatoms. The summed E-state index contributed by atoms with van der Waals surface area (Å²) < 4.78 is 24.5. The molecule has 0 aromatic heterocycles. The van der Waals surface area contributed by atoms with Gasteiger partial charge in [-0.3, -0.25) is 0 Å². The van der Waals surface area contributed by atoms with Gasteiger partial charge in [0.15, 0.2) is 0 Å². The van der Waals surface area contributed by atoms with E-state index in [1.807, 2.05) is 18.2 Å². The van der Waals surface area contributed by atoms with Gasteiger partial charge >= 0.3 is 12.0 Å². The van der Waals surface area contributed by atoms with Crippen molar-refractivity contribution in [3.8, 4) is 5.75 Å². The van der Waals surface area contributed by atoms with Gasteiger partial charge in [-0.2, -0.15) is 0 Å². The highest BCUT2D eigenvalue weighted by atomic mass is 19.1. The molecule has 0 fully saturated rings. The van der Waals surface area contributed by atoms with E-state index in [2.05, 4.69) is 10.6 Å². The number of halogens is 1. The van der Waals surface area contributed by atoms with Gasteiger partial charge < -0.3 is 20.1 Å². The van der Waals surface area contributed by atoms with Crippen LogP contribution >= 0.6 is 0 Å². The Labute approximate surface area is 184 Å². The van der Waals surface area contributed by atoms with Gasteiger partial charge in [0, 0.05) is 5.56 Å². The molecule has 1 heterocycles. The van der Waals surface area contributed by atoms with Crippen molar-refractivity contribution in [2.24, 2.45) is 0 Å². The molecule has 0 radical (unpaired) electrons. The van der Waals surface area contributed by atoms with Gasteiger partial charge in [0.2, 0.25) is 0 Å². The summed E-state index contributed by atoms with van der Waals surface area (Å²) in [4.78, 5) is 25.0. The summed E-state index contributed by atoms with van der Waals surface area (Å²) in [7, 11) is 1.30. The van der Waals surface area contributed by atoms with Crippen LogP contribution in [0.5, 0.6) is 5.75 Å². The highest BCUT2D eigenvalue weighted by Crippen LogP contribution is 2.32. The summed E-state index contributed by atoms with van der Waals surface area (Å²) in [5.74, 6) is -0.354. The SMILES string of the molecule is COC(=O)C1=C(c2ccccc2)NC(=O)NC1c1ccc(OCc2ccccc2F)cc1. The van der Waals surface area contributed by atoms with Gasteiger partial charge in [-0.25, -0.2) is 14.0 Å². The van der Waals surface area contributed by atoms with Gasteiger partial charge in [0.25, 0.3) is 0 Å². The van der Waals surface area contributed by atoms with Crippen LogP contribution in [0.1, 0.15) is 22.7 Å². The van der Waals surface area contributed by atoms with E-state index in [1.165, 1.54) is 13.2 Å². The largest absolute Gasteiger partial charge is 0.489 e. The number of ether oxygens (including phenoxy) is 2. The number of amides is 2. The summed E-state index contributed by atoms with van der Waals surface area (Å²) in [5.41, 5.74) is 2.50. The summed E-state index contributed by atoms with van der Waals surface area (Å²) in [6.07, 6.45) is 0. The first kappa shape index (κ1) is 21.1. The van der Waals surface area contributed by atoms with Crippen LogP contribution in [0.15, 0.2) is 84.4 Å². The Balaban J connectivity index is 1.63. The van der Waals surface area contributed by atoms with Crippen LogP contribution in [0.25, 0.3) is 5.70 Å². The summed E-state index contributed by atoms with van der Waals surface area (Å²) >= 11 is 0. The molecule has 0 saturated heterocycles. The van der Waals surface area contributed by atoms with Crippen LogP contribution in [-0.2, 0) is 16.1 Å². The Bertz CT molecular complexity index is 1160. The lowest BCUT2D eigenvalue weighted by Crippen LogP contribution is -2.45. The van der Waals surface area contributed by atoms with Crippen LogP contribution in [0.2, 0.25) is 0 Å². The predicted molar refractivity (Wildman–Crippen MR) is 117 cm³/mol. The molecule has 2 N–H and O–H groups in total. The minimum atomic E-state index is -0.716. The molecule has 0 bridgehead atoms. The van der Waals surface area contributed by atoms with E-state index in [1.54, 1.807) is 54.6 Å². The van der Waals surface area contributed by atoms with E-state index in [4.69, 9.17) is 9.47 Å². The van der Waals surface area contributed by atoms with Gasteiger partial charge in [-0.1, -0.05) is 60.7 Å². The van der Waals surface area contributed by atoms with Crippen molar-refractivity contribution in [2.75, 3.05) is 7.11 Å². The molecule has 32 heavy (non-hydrogen) atoms. The van der Waals surface area contributed by atoms with E-state index in [0.717, 1.165) is 0 Å². The maximum atomic E-state index is 13.8. The molecular formula is C25H21FN2O4. The number of esters is 1. The number of carbonyl (C=O) groups excluding carboxylic acids is 2. The van der Waals surface area contributed by atoms with Gasteiger partial charge in [-0.15, -0.1) is 0 Å². The standard InChI is InChI=1S/C25H21FN2O4/c1-31-24(29)21-22(16-7-3-2-4-8-16)27-25(30)28-23(21)17-11-13-19(14-12-17)32-15-18-9-5-6-10-20(18)26/h2-14,23H,15H2,1H3,(H2,27,28,30). The van der Waals surface area contributed by atoms with Crippen molar-refractivity contribution >= 4 is 17.7 Å². The van der Waals surface area contributed by atoms with E-state index >= 15 is 0 Å². The normalized spacial score (nSPS) is 15.6. The fraction of sp³-hybridized carbons (Fsp3) is 0.120. The van der Waals surface area contributed by atoms with Crippen LogP contribution in [0.3, 0.4) is 0 Å². The fourth-order valence-corrected chi connectivity index (χ4v) is 3.51. The molecule has 1 unspecified atom stereocenters. The van der Waals surface area contributed by atoms with Crippen LogP contribution in [0.4, 0.5) is 9.18 Å². The second kappa shape index (κ2) is 9.34. The van der Waals surface area contributed by atoms with Crippen molar-refractivity contribution in [2.45, 2.75) is 12.6 Å². The number of hydrogen-bond acceptors (Lipinski definition) is 4. The molecule has 2 amide bonds. The molecule has 0 saturated carbocycles. The molecular weight excluding hydrogens is 411 g/mol. The average molecular weight is 432 g/mol. The monoisotopic (exact) mass is 432 g/mol. The Morgan fingerprint density at radius 1 is 0.969 bits per heavy atom. The topological polar surface area (TPSA) is 76.7 Å². The Hall–Kier alpha value is -4.13. The first-order valence-corrected chi connectivity index (χ1v) is 9.98. The zero-order valence-electron chi connectivity index (χ0n) is 17.3. The molecule has 1 aliphatic rings. The molecule has 3 aromatic carbocycles. The maximum Gasteiger partial charge on any atom is 0.338 e. The van der Waals surface area contributed by atoms with Crippen LogP contribution in [-0.4, -0.2) is 19.1 Å². The molecule has 1 atom stereocenters. The third kappa shape index (κ3) is 4.46. The zero-order valence-corrected chi connectivity index (χ0v) is 17.3. The van der Waals surface area contributed by atoms with E-state index in [0.29, 0.717) is 33.7 Å². The van der Waals surface area contributed by atoms with Gasteiger partial charge in [0.1, 0.15) is 18.2 Å². The summed E-state index contributed by atoms with van der Waals surface area (Å²) in [6.45, 7) is 0.0849. The first-order chi connectivity index (χ1) is 15.6. The minimum Gasteiger partial charge on any atom is -0.489 e. The molecule has 0 spiro atoms. The number of carbonyl (C=O) groups is 2. The smallest absolute Gasteiger partial charge is 0.338 e. The zero-order chi connectivity index (χ0) is 22.5. The maximum absolute atomic E-state index is 13.8. The quantitative estimate of drug-likeness (QED) is 0.568. The number of rotatable bonds is 6. The number of benzene rings is 3. The number of nitrogens with one attached hydrogen (secondary N) is 2. The molecule has 0 aliphatic carbocycles. The summed E-state index contributed by atoms with van der Waals surface area (Å²) in [6, 6.07) is 21.3. The third-order valence-corrected chi connectivity index (χ3v) is 5.11. The van der Waals surface area contributed by atoms with Crippen molar-refractivity contribution in [1.82, 2.24) is 10.6 Å². The van der Waals surface area contributed by atoms with Crippen molar-refractivity contribution in [1.29, 1.82) is 0 Å². The summed E-state index contributed by atoms with van der Waals surface area (Å²) in [5, 5.41) is 5.50. The first-order valence-electron chi connectivity index (χ1n) is 9.98. The van der Waals surface area contributed by atoms with E-state index < -0.39 is 18.0 Å². The number of urea groups is 1. The Kier molecular flexibility index (Phi) is 6.17. The lowest BCUT2D eigenvalue weighted by atomic mass is 9.92. The van der Waals surface area contributed by atoms with Gasteiger partial charge in [-0.05, 0) is 29.3 Å². The number of hydrogen-bond donors (Lipinski definition) is 2. The Morgan fingerprint density at radius 3 is 2.34 bits per heavy atom. The second-order valence-electron chi connectivity index (χ2n) is 7.13. The molecule has 1 aliphatic heterocycles. The van der Waals surface area contributed by atoms with Crippen molar-refractivity contribution in [3.63, 3.8) is 0 Å². The highest BCUT2D eigenvalue weighted by Gasteiger charge is 2.34. The van der Waals surface area contributed by atoms with Crippen molar-refractivity contribution in [3.05, 3.63) is 107 Å². The molecule has 3 aromatic rings. The van der Waals surface area contributed by atoms with E-state index in [9.17, 15) is 14.0 Å². The highest BCUT2D eigenvalue weighted by molar-refractivity contribution is 6.04. The van der Waals surface area contributed by atoms with Gasteiger partial charge in [0.05, 0.1) is 24.4 Å². The lowest BCUT2D eigenvalue weighted by Gasteiger charge is -2.29. The second-order valence-corrected chi connectivity index (χ2v) is 7.13. The van der Waals surface area contributed by atoms with E-state index in [-0.39, 0.29) is 12.4 Å². The fourth-order valence-electron chi connectivity index (χ4n) is 3.51. The predicted octanol–water partition coefficient (Wildman–Crippen LogP) is 4.34. The van der Waals surface area contributed by atoms with Crippen molar-refractivity contribution < 1.29 is 23.5 Å². The average Bonchev–Trinajstić information content (AvgIpc) is 2.83. The van der Waals surface area contributed by atoms with Crippen LogP contribution in [0, 0.1) is 5.82 Å². The minimum absolute atomic E-state index is 0.0849. The Morgan fingerprint density at radius 2 is 1.66 bits per heavy atom.